The molecule has 2 aromatic heterocycles. The SMILES string of the molecule is COc1cccc(NC2CCN(c3nn4c(C(F)(F)F)nnc4c(C)c3C)CC2)c1. The van der Waals surface area contributed by atoms with Crippen LogP contribution < -0.4 is 15.0 Å². The van der Waals surface area contributed by atoms with Gasteiger partial charge < -0.3 is 15.0 Å². The molecule has 1 aliphatic heterocycles. The first kappa shape index (κ1) is 20.2. The van der Waals surface area contributed by atoms with Crippen molar-refractivity contribution in [1.82, 2.24) is 19.8 Å². The number of anilines is 2. The Bertz CT molecular complexity index is 1060. The number of hydrogen-bond donors (Lipinski definition) is 1. The Kier molecular flexibility index (Phi) is 5.17. The van der Waals surface area contributed by atoms with Crippen LogP contribution in [-0.2, 0) is 6.18 Å². The van der Waals surface area contributed by atoms with Gasteiger partial charge in [-0.1, -0.05) is 6.07 Å². The van der Waals surface area contributed by atoms with E-state index in [9.17, 15) is 13.2 Å². The largest absolute Gasteiger partial charge is 0.497 e. The zero-order valence-electron chi connectivity index (χ0n) is 17.0. The number of rotatable bonds is 4. The van der Waals surface area contributed by atoms with E-state index in [-0.39, 0.29) is 11.7 Å². The van der Waals surface area contributed by atoms with Gasteiger partial charge in [-0.2, -0.15) is 17.7 Å². The molecule has 160 valence electrons. The molecule has 1 aromatic carbocycles. The van der Waals surface area contributed by atoms with Gasteiger partial charge in [0.1, 0.15) is 5.75 Å². The van der Waals surface area contributed by atoms with Crippen LogP contribution in [-0.4, -0.2) is 46.1 Å². The molecule has 0 unspecified atom stereocenters. The molecular weight excluding hydrogens is 397 g/mol. The lowest BCUT2D eigenvalue weighted by Gasteiger charge is -2.34. The smallest absolute Gasteiger partial charge is 0.453 e. The number of aromatic nitrogens is 4. The van der Waals surface area contributed by atoms with E-state index < -0.39 is 12.0 Å². The molecule has 1 N–H and O–H groups in total. The maximum Gasteiger partial charge on any atom is 0.453 e. The second kappa shape index (κ2) is 7.66. The number of halogens is 3. The molecule has 1 aliphatic rings. The molecule has 1 saturated heterocycles. The summed E-state index contributed by atoms with van der Waals surface area (Å²) in [6, 6.07) is 8.02. The third kappa shape index (κ3) is 3.73. The van der Waals surface area contributed by atoms with E-state index in [0.29, 0.717) is 24.5 Å². The highest BCUT2D eigenvalue weighted by atomic mass is 19.4. The van der Waals surface area contributed by atoms with E-state index in [1.54, 1.807) is 14.0 Å². The van der Waals surface area contributed by atoms with Gasteiger partial charge >= 0.3 is 6.18 Å². The van der Waals surface area contributed by atoms with Crippen LogP contribution in [0.5, 0.6) is 5.75 Å². The van der Waals surface area contributed by atoms with E-state index in [2.05, 4.69) is 20.6 Å². The number of ether oxygens (including phenoxy) is 1. The minimum absolute atomic E-state index is 0.137. The Morgan fingerprint density at radius 1 is 1.10 bits per heavy atom. The highest BCUT2D eigenvalue weighted by Gasteiger charge is 2.38. The number of nitrogens with one attached hydrogen (secondary N) is 1. The van der Waals surface area contributed by atoms with Crippen LogP contribution in [0, 0.1) is 13.8 Å². The third-order valence-electron chi connectivity index (χ3n) is 5.56. The average Bonchev–Trinajstić information content (AvgIpc) is 3.16. The molecule has 0 atom stereocenters. The molecule has 3 heterocycles. The molecule has 7 nitrogen and oxygen atoms in total. The first-order chi connectivity index (χ1) is 14.3. The minimum atomic E-state index is -4.61. The number of fused-ring (bicyclic) bond motifs is 1. The first-order valence-corrected chi connectivity index (χ1v) is 9.73. The standard InChI is InChI=1S/C20H23F3N6O/c1-12-13(2)18(27-29-17(12)25-26-19(29)20(21,22)23)28-9-7-14(8-10-28)24-15-5-4-6-16(11-15)30-3/h4-6,11,14,24H,7-10H2,1-3H3. The molecule has 30 heavy (non-hydrogen) atoms. The van der Waals surface area contributed by atoms with Crippen LogP contribution in [0.3, 0.4) is 0 Å². The van der Waals surface area contributed by atoms with Crippen molar-refractivity contribution in [2.45, 2.75) is 38.9 Å². The molecule has 0 bridgehead atoms. The maximum atomic E-state index is 13.3. The second-order valence-electron chi connectivity index (χ2n) is 7.47. The third-order valence-corrected chi connectivity index (χ3v) is 5.56. The van der Waals surface area contributed by atoms with Crippen molar-refractivity contribution in [2.24, 2.45) is 0 Å². The normalized spacial score (nSPS) is 15.6. The molecular formula is C20H23F3N6O. The lowest BCUT2D eigenvalue weighted by atomic mass is 10.0. The number of methoxy groups -OCH3 is 1. The van der Waals surface area contributed by atoms with E-state index in [0.717, 1.165) is 34.4 Å². The van der Waals surface area contributed by atoms with Crippen LogP contribution in [0.15, 0.2) is 24.3 Å². The van der Waals surface area contributed by atoms with Crippen LogP contribution >= 0.6 is 0 Å². The van der Waals surface area contributed by atoms with Crippen molar-refractivity contribution in [3.05, 3.63) is 41.2 Å². The molecule has 4 rings (SSSR count). The number of nitrogens with zero attached hydrogens (tertiary/aromatic N) is 5. The fraction of sp³-hybridized carbons (Fsp3) is 0.450. The number of benzene rings is 1. The minimum Gasteiger partial charge on any atom is -0.497 e. The van der Waals surface area contributed by atoms with Crippen molar-refractivity contribution >= 4 is 17.2 Å². The second-order valence-corrected chi connectivity index (χ2v) is 7.47. The van der Waals surface area contributed by atoms with E-state index in [1.165, 1.54) is 0 Å². The predicted octanol–water partition coefficient (Wildman–Crippen LogP) is 3.85. The van der Waals surface area contributed by atoms with Crippen LogP contribution in [0.1, 0.15) is 29.8 Å². The van der Waals surface area contributed by atoms with Gasteiger partial charge in [0.15, 0.2) is 11.5 Å². The highest BCUT2D eigenvalue weighted by Crippen LogP contribution is 2.31. The van der Waals surface area contributed by atoms with Gasteiger partial charge in [-0.25, -0.2) is 0 Å². The molecule has 0 amide bonds. The summed E-state index contributed by atoms with van der Waals surface area (Å²) < 4.78 is 45.9. The molecule has 0 aliphatic carbocycles. The van der Waals surface area contributed by atoms with Crippen molar-refractivity contribution < 1.29 is 17.9 Å². The van der Waals surface area contributed by atoms with E-state index in [1.807, 2.05) is 36.1 Å². The van der Waals surface area contributed by atoms with Crippen LogP contribution in [0.4, 0.5) is 24.7 Å². The summed E-state index contributed by atoms with van der Waals surface area (Å²) in [6.07, 6.45) is -2.94. The quantitative estimate of drug-likeness (QED) is 0.692. The highest BCUT2D eigenvalue weighted by molar-refractivity contribution is 5.59. The molecule has 10 heteroatoms. The van der Waals surface area contributed by atoms with Gasteiger partial charge in [-0.15, -0.1) is 15.3 Å². The van der Waals surface area contributed by atoms with Crippen molar-refractivity contribution in [2.75, 3.05) is 30.4 Å². The van der Waals surface area contributed by atoms with Gasteiger partial charge in [0.05, 0.1) is 7.11 Å². The molecule has 0 spiro atoms. The van der Waals surface area contributed by atoms with E-state index >= 15 is 0 Å². The molecule has 3 aromatic rings. The monoisotopic (exact) mass is 420 g/mol. The fourth-order valence-corrected chi connectivity index (χ4v) is 3.77. The summed E-state index contributed by atoms with van der Waals surface area (Å²) in [5, 5.41) is 14.8. The summed E-state index contributed by atoms with van der Waals surface area (Å²) >= 11 is 0. The van der Waals surface area contributed by atoms with Crippen molar-refractivity contribution in [1.29, 1.82) is 0 Å². The number of alkyl halides is 3. The summed E-state index contributed by atoms with van der Waals surface area (Å²) in [7, 11) is 1.63. The topological polar surface area (TPSA) is 67.6 Å². The lowest BCUT2D eigenvalue weighted by molar-refractivity contribution is -0.146. The number of aryl methyl sites for hydroxylation is 1. The molecule has 0 radical (unpaired) electrons. The lowest BCUT2D eigenvalue weighted by Crippen LogP contribution is -2.40. The van der Waals surface area contributed by atoms with Gasteiger partial charge in [-0.05, 0) is 38.8 Å². The van der Waals surface area contributed by atoms with E-state index in [4.69, 9.17) is 4.74 Å². The zero-order valence-corrected chi connectivity index (χ0v) is 17.0. The average molecular weight is 420 g/mol. The van der Waals surface area contributed by atoms with Gasteiger partial charge in [0.2, 0.25) is 0 Å². The van der Waals surface area contributed by atoms with Crippen LogP contribution in [0.2, 0.25) is 0 Å². The number of hydrogen-bond acceptors (Lipinski definition) is 6. The number of piperidine rings is 1. The van der Waals surface area contributed by atoms with Gasteiger partial charge in [-0.3, -0.25) is 0 Å². The fourth-order valence-electron chi connectivity index (χ4n) is 3.77. The summed E-state index contributed by atoms with van der Waals surface area (Å²) in [4.78, 5) is 2.03. The van der Waals surface area contributed by atoms with Crippen LogP contribution in [0.25, 0.3) is 5.65 Å². The predicted molar refractivity (Wildman–Crippen MR) is 107 cm³/mol. The summed E-state index contributed by atoms with van der Waals surface area (Å²) in [5.41, 5.74) is 2.60. The zero-order chi connectivity index (χ0) is 21.5. The first-order valence-electron chi connectivity index (χ1n) is 9.73. The molecule has 0 saturated carbocycles. The van der Waals surface area contributed by atoms with Crippen molar-refractivity contribution in [3.63, 3.8) is 0 Å². The van der Waals surface area contributed by atoms with Gasteiger partial charge in [0.25, 0.3) is 5.82 Å². The summed E-state index contributed by atoms with van der Waals surface area (Å²) in [6.45, 7) is 4.98. The van der Waals surface area contributed by atoms with Gasteiger partial charge in [0, 0.05) is 42.0 Å². The Balaban J connectivity index is 1.53. The summed E-state index contributed by atoms with van der Waals surface area (Å²) in [5.74, 6) is 0.233. The Hall–Kier alpha value is -3.04. The van der Waals surface area contributed by atoms with Crippen molar-refractivity contribution in [3.8, 4) is 5.75 Å². The molecule has 1 fully saturated rings. The Morgan fingerprint density at radius 3 is 2.50 bits per heavy atom. The Labute approximate surface area is 171 Å². The Morgan fingerprint density at radius 2 is 1.83 bits per heavy atom. The maximum absolute atomic E-state index is 13.3.